The van der Waals surface area contributed by atoms with Crippen LogP contribution in [0.2, 0.25) is 0 Å². The molecule has 0 saturated carbocycles. The van der Waals surface area contributed by atoms with Gasteiger partial charge >= 0.3 is 0 Å². The lowest BCUT2D eigenvalue weighted by Gasteiger charge is -2.10. The Hall–Kier alpha value is -3.54. The lowest BCUT2D eigenvalue weighted by molar-refractivity contribution is 0.397. The second-order valence-corrected chi connectivity index (χ2v) is 6.53. The SMILES string of the molecule is CNc1ccnc(Oc2cccc3c2c(C)cn3Cc2ccc(OC)nc2)c1. The van der Waals surface area contributed by atoms with E-state index < -0.39 is 0 Å². The molecule has 3 heterocycles. The summed E-state index contributed by atoms with van der Waals surface area (Å²) in [4.78, 5) is 8.62. The zero-order valence-corrected chi connectivity index (χ0v) is 16.1. The van der Waals surface area contributed by atoms with Gasteiger partial charge in [-0.05, 0) is 36.2 Å². The van der Waals surface area contributed by atoms with E-state index in [2.05, 4.69) is 39.0 Å². The first-order valence-electron chi connectivity index (χ1n) is 9.07. The van der Waals surface area contributed by atoms with E-state index in [1.54, 1.807) is 13.3 Å². The summed E-state index contributed by atoms with van der Waals surface area (Å²) < 4.78 is 13.5. The zero-order chi connectivity index (χ0) is 19.5. The Balaban J connectivity index is 1.68. The van der Waals surface area contributed by atoms with Crippen LogP contribution in [0.15, 0.2) is 61.1 Å². The first-order chi connectivity index (χ1) is 13.7. The molecule has 0 aliphatic rings. The molecule has 0 bridgehead atoms. The van der Waals surface area contributed by atoms with Crippen LogP contribution in [-0.4, -0.2) is 28.7 Å². The number of ether oxygens (including phenoxy) is 2. The second kappa shape index (κ2) is 7.60. The molecule has 6 nitrogen and oxygen atoms in total. The Morgan fingerprint density at radius 1 is 1.07 bits per heavy atom. The number of aromatic nitrogens is 3. The summed E-state index contributed by atoms with van der Waals surface area (Å²) in [6, 6.07) is 13.8. The third kappa shape index (κ3) is 3.49. The van der Waals surface area contributed by atoms with Crippen LogP contribution >= 0.6 is 0 Å². The number of nitrogens with one attached hydrogen (secondary N) is 1. The number of nitrogens with zero attached hydrogens (tertiary/aromatic N) is 3. The zero-order valence-electron chi connectivity index (χ0n) is 16.1. The van der Waals surface area contributed by atoms with Crippen molar-refractivity contribution in [2.75, 3.05) is 19.5 Å². The van der Waals surface area contributed by atoms with Gasteiger partial charge in [-0.15, -0.1) is 0 Å². The molecule has 0 fully saturated rings. The average Bonchev–Trinajstić information content (AvgIpc) is 3.05. The van der Waals surface area contributed by atoms with Crippen LogP contribution in [0.5, 0.6) is 17.5 Å². The van der Waals surface area contributed by atoms with Gasteiger partial charge in [0.2, 0.25) is 11.8 Å². The third-order valence-electron chi connectivity index (χ3n) is 4.66. The number of benzene rings is 1. The summed E-state index contributed by atoms with van der Waals surface area (Å²) in [6.07, 6.45) is 5.71. The van der Waals surface area contributed by atoms with Gasteiger partial charge in [0.15, 0.2) is 0 Å². The number of hydrogen-bond donors (Lipinski definition) is 1. The van der Waals surface area contributed by atoms with Gasteiger partial charge < -0.3 is 19.4 Å². The first-order valence-corrected chi connectivity index (χ1v) is 9.07. The van der Waals surface area contributed by atoms with E-state index >= 15 is 0 Å². The van der Waals surface area contributed by atoms with Gasteiger partial charge in [0.1, 0.15) is 5.75 Å². The molecule has 0 unspecified atom stereocenters. The van der Waals surface area contributed by atoms with Crippen molar-refractivity contribution in [1.29, 1.82) is 0 Å². The maximum absolute atomic E-state index is 6.12. The normalized spacial score (nSPS) is 10.8. The van der Waals surface area contributed by atoms with Crippen molar-refractivity contribution in [3.8, 4) is 17.5 Å². The van der Waals surface area contributed by atoms with Crippen molar-refractivity contribution < 1.29 is 9.47 Å². The predicted octanol–water partition coefficient (Wildman–Crippen LogP) is 4.63. The molecular weight excluding hydrogens is 352 g/mol. The molecule has 0 saturated heterocycles. The minimum Gasteiger partial charge on any atom is -0.481 e. The maximum atomic E-state index is 6.12. The molecule has 0 amide bonds. The minimum atomic E-state index is 0.561. The smallest absolute Gasteiger partial charge is 0.221 e. The molecule has 0 aliphatic heterocycles. The van der Waals surface area contributed by atoms with Crippen LogP contribution in [0.1, 0.15) is 11.1 Å². The molecule has 1 aromatic carbocycles. The monoisotopic (exact) mass is 374 g/mol. The van der Waals surface area contributed by atoms with Crippen LogP contribution in [-0.2, 0) is 6.54 Å². The number of anilines is 1. The van der Waals surface area contributed by atoms with Crippen LogP contribution in [0, 0.1) is 6.92 Å². The van der Waals surface area contributed by atoms with Crippen molar-refractivity contribution in [2.45, 2.75) is 13.5 Å². The minimum absolute atomic E-state index is 0.561. The molecular formula is C22H22N4O2. The van der Waals surface area contributed by atoms with E-state index in [4.69, 9.17) is 9.47 Å². The second-order valence-electron chi connectivity index (χ2n) is 6.53. The van der Waals surface area contributed by atoms with E-state index in [1.165, 1.54) is 0 Å². The van der Waals surface area contributed by atoms with Crippen molar-refractivity contribution in [1.82, 2.24) is 14.5 Å². The van der Waals surface area contributed by atoms with Gasteiger partial charge in [0, 0.05) is 55.4 Å². The average molecular weight is 374 g/mol. The number of fused-ring (bicyclic) bond motifs is 1. The third-order valence-corrected chi connectivity index (χ3v) is 4.66. The standard InChI is InChI=1S/C22H22N4O2/c1-15-13-26(14-16-7-8-20(27-3)25-12-16)18-5-4-6-19(22(15)18)28-21-11-17(23-2)9-10-24-21/h4-13H,14H2,1-3H3,(H,23,24). The van der Waals surface area contributed by atoms with Crippen LogP contribution < -0.4 is 14.8 Å². The fourth-order valence-corrected chi connectivity index (χ4v) is 3.29. The molecule has 28 heavy (non-hydrogen) atoms. The highest BCUT2D eigenvalue weighted by atomic mass is 16.5. The Labute approximate surface area is 163 Å². The first kappa shape index (κ1) is 17.9. The fraction of sp³-hybridized carbons (Fsp3) is 0.182. The molecule has 1 N–H and O–H groups in total. The summed E-state index contributed by atoms with van der Waals surface area (Å²) in [6.45, 7) is 2.81. The van der Waals surface area contributed by atoms with Gasteiger partial charge in [0.05, 0.1) is 12.6 Å². The van der Waals surface area contributed by atoms with E-state index in [1.807, 2.05) is 49.6 Å². The Morgan fingerprint density at radius 3 is 2.71 bits per heavy atom. The van der Waals surface area contributed by atoms with E-state index in [-0.39, 0.29) is 0 Å². The van der Waals surface area contributed by atoms with Crippen LogP contribution in [0.3, 0.4) is 0 Å². The van der Waals surface area contributed by atoms with Gasteiger partial charge in [-0.1, -0.05) is 12.1 Å². The molecule has 0 aliphatic carbocycles. The van der Waals surface area contributed by atoms with Gasteiger partial charge in [-0.2, -0.15) is 0 Å². The van der Waals surface area contributed by atoms with Crippen LogP contribution in [0.25, 0.3) is 10.9 Å². The number of hydrogen-bond acceptors (Lipinski definition) is 5. The Kier molecular flexibility index (Phi) is 4.85. The molecule has 0 spiro atoms. The van der Waals surface area contributed by atoms with Gasteiger partial charge in [-0.3, -0.25) is 0 Å². The molecule has 3 aromatic heterocycles. The highest BCUT2D eigenvalue weighted by Gasteiger charge is 2.12. The number of rotatable bonds is 6. The van der Waals surface area contributed by atoms with E-state index in [9.17, 15) is 0 Å². The highest BCUT2D eigenvalue weighted by molar-refractivity contribution is 5.90. The van der Waals surface area contributed by atoms with Gasteiger partial charge in [-0.25, -0.2) is 9.97 Å². The largest absolute Gasteiger partial charge is 0.481 e. The molecule has 6 heteroatoms. The molecule has 0 atom stereocenters. The van der Waals surface area contributed by atoms with Crippen molar-refractivity contribution in [2.24, 2.45) is 0 Å². The van der Waals surface area contributed by atoms with E-state index in [0.29, 0.717) is 11.8 Å². The molecule has 0 radical (unpaired) electrons. The Morgan fingerprint density at radius 2 is 1.96 bits per heavy atom. The lowest BCUT2D eigenvalue weighted by Crippen LogP contribution is -1.99. The summed E-state index contributed by atoms with van der Waals surface area (Å²) in [5.74, 6) is 1.97. The Bertz CT molecular complexity index is 1100. The highest BCUT2D eigenvalue weighted by Crippen LogP contribution is 2.33. The topological polar surface area (TPSA) is 61.2 Å². The predicted molar refractivity (Wildman–Crippen MR) is 110 cm³/mol. The summed E-state index contributed by atoms with van der Waals surface area (Å²) in [5.41, 5.74) is 4.32. The quantitative estimate of drug-likeness (QED) is 0.533. The number of pyridine rings is 2. The summed E-state index contributed by atoms with van der Waals surface area (Å²) in [5, 5.41) is 4.19. The molecule has 142 valence electrons. The summed E-state index contributed by atoms with van der Waals surface area (Å²) >= 11 is 0. The number of aryl methyl sites for hydroxylation is 1. The van der Waals surface area contributed by atoms with Crippen molar-refractivity contribution >= 4 is 16.6 Å². The van der Waals surface area contributed by atoms with E-state index in [0.717, 1.165) is 40.0 Å². The maximum Gasteiger partial charge on any atom is 0.221 e. The van der Waals surface area contributed by atoms with Crippen LogP contribution in [0.4, 0.5) is 5.69 Å². The molecule has 4 aromatic rings. The number of methoxy groups -OCH3 is 1. The van der Waals surface area contributed by atoms with Crippen molar-refractivity contribution in [3.63, 3.8) is 0 Å². The molecule has 4 rings (SSSR count). The fourth-order valence-electron chi connectivity index (χ4n) is 3.29. The van der Waals surface area contributed by atoms with Crippen molar-refractivity contribution in [3.05, 3.63) is 72.2 Å². The summed E-state index contributed by atoms with van der Waals surface area (Å²) in [7, 11) is 3.49. The van der Waals surface area contributed by atoms with Gasteiger partial charge in [0.25, 0.3) is 0 Å². The lowest BCUT2D eigenvalue weighted by atomic mass is 10.2.